The zero-order chi connectivity index (χ0) is 17.5. The molecule has 1 aliphatic heterocycles. The van der Waals surface area contributed by atoms with E-state index in [1.807, 2.05) is 26.0 Å². The first-order valence-corrected chi connectivity index (χ1v) is 8.70. The molecule has 1 N–H and O–H groups in total. The first kappa shape index (κ1) is 18.3. The normalized spacial score (nSPS) is 19.9. The summed E-state index contributed by atoms with van der Waals surface area (Å²) in [6, 6.07) is 6.93. The second kappa shape index (κ2) is 8.71. The minimum atomic E-state index is -0.278. The Morgan fingerprint density at radius 2 is 2.04 bits per heavy atom. The molecule has 5 nitrogen and oxygen atoms in total. The Hall–Kier alpha value is -2.04. The van der Waals surface area contributed by atoms with E-state index in [-0.39, 0.29) is 30.2 Å². The van der Waals surface area contributed by atoms with Gasteiger partial charge in [-0.1, -0.05) is 38.8 Å². The van der Waals surface area contributed by atoms with Crippen LogP contribution >= 0.6 is 0 Å². The Morgan fingerprint density at radius 3 is 2.67 bits per heavy atom. The van der Waals surface area contributed by atoms with Crippen molar-refractivity contribution in [1.29, 1.82) is 0 Å². The van der Waals surface area contributed by atoms with Crippen molar-refractivity contribution in [2.45, 2.75) is 52.6 Å². The first-order valence-electron chi connectivity index (χ1n) is 8.70. The van der Waals surface area contributed by atoms with Gasteiger partial charge in [0.25, 0.3) is 0 Å². The summed E-state index contributed by atoms with van der Waals surface area (Å²) in [7, 11) is 0. The van der Waals surface area contributed by atoms with Crippen molar-refractivity contribution in [3.05, 3.63) is 29.8 Å². The lowest BCUT2D eigenvalue weighted by molar-refractivity contribution is -0.148. The molecule has 1 aromatic carbocycles. The summed E-state index contributed by atoms with van der Waals surface area (Å²) in [6.07, 6.45) is 2.97. The molecule has 5 heteroatoms. The molecule has 0 aliphatic carbocycles. The van der Waals surface area contributed by atoms with Crippen molar-refractivity contribution >= 4 is 11.7 Å². The largest absolute Gasteiger partial charge is 0.508 e. The second-order valence-corrected chi connectivity index (χ2v) is 6.70. The summed E-state index contributed by atoms with van der Waals surface area (Å²) in [5, 5.41) is 13.7. The van der Waals surface area contributed by atoms with Crippen LogP contribution in [-0.4, -0.2) is 29.5 Å². The number of carbonyl (C=O) groups is 1. The van der Waals surface area contributed by atoms with Crippen LogP contribution in [0, 0.1) is 11.8 Å². The van der Waals surface area contributed by atoms with E-state index in [0.29, 0.717) is 12.5 Å². The molecule has 0 saturated carbocycles. The average Bonchev–Trinajstić information content (AvgIpc) is 2.94. The highest BCUT2D eigenvalue weighted by atomic mass is 16.6. The highest BCUT2D eigenvalue weighted by Gasteiger charge is 2.36. The smallest absolute Gasteiger partial charge is 0.309 e. The summed E-state index contributed by atoms with van der Waals surface area (Å²) in [5.41, 5.74) is 1.78. The average molecular weight is 333 g/mol. The van der Waals surface area contributed by atoms with Crippen LogP contribution in [0.3, 0.4) is 0 Å². The number of phenolic OH excluding ortho intramolecular Hbond substituents is 1. The Morgan fingerprint density at radius 1 is 1.33 bits per heavy atom. The minimum absolute atomic E-state index is 0.0705. The molecule has 1 heterocycles. The summed E-state index contributed by atoms with van der Waals surface area (Å²) in [5.74, 6) is 0.369. The number of unbranched alkanes of at least 4 members (excludes halogenated alkanes) is 1. The van der Waals surface area contributed by atoms with Crippen LogP contribution in [0.5, 0.6) is 5.75 Å². The molecule has 0 bridgehead atoms. The second-order valence-electron chi connectivity index (χ2n) is 6.70. The number of rotatable bonds is 8. The number of carbonyl (C=O) groups excluding carboxylic acids is 1. The SMILES string of the molecule is CCCCC1C(c2ccc(O)cc2)=NOC1CC(=O)OCC(C)C. The zero-order valence-electron chi connectivity index (χ0n) is 14.7. The number of hydrogen-bond donors (Lipinski definition) is 1. The third-order valence-electron chi connectivity index (χ3n) is 4.06. The van der Waals surface area contributed by atoms with E-state index in [2.05, 4.69) is 12.1 Å². The van der Waals surface area contributed by atoms with Crippen molar-refractivity contribution in [1.82, 2.24) is 0 Å². The molecule has 0 aromatic heterocycles. The van der Waals surface area contributed by atoms with Gasteiger partial charge < -0.3 is 14.7 Å². The highest BCUT2D eigenvalue weighted by molar-refractivity contribution is 6.03. The molecule has 1 aliphatic rings. The number of nitrogens with zero attached hydrogens (tertiary/aromatic N) is 1. The van der Waals surface area contributed by atoms with Gasteiger partial charge in [0.05, 0.1) is 18.7 Å². The van der Waals surface area contributed by atoms with Crippen LogP contribution < -0.4 is 0 Å². The number of oxime groups is 1. The molecule has 2 unspecified atom stereocenters. The first-order chi connectivity index (χ1) is 11.5. The van der Waals surface area contributed by atoms with E-state index in [9.17, 15) is 9.90 Å². The molecule has 0 fully saturated rings. The van der Waals surface area contributed by atoms with E-state index in [4.69, 9.17) is 9.57 Å². The van der Waals surface area contributed by atoms with E-state index in [1.165, 1.54) is 0 Å². The van der Waals surface area contributed by atoms with Crippen molar-refractivity contribution in [2.24, 2.45) is 17.0 Å². The van der Waals surface area contributed by atoms with Crippen LogP contribution in [0.15, 0.2) is 29.4 Å². The Labute approximate surface area is 143 Å². The molecule has 0 radical (unpaired) electrons. The van der Waals surface area contributed by atoms with Crippen molar-refractivity contribution in [2.75, 3.05) is 6.61 Å². The van der Waals surface area contributed by atoms with Gasteiger partial charge in [0.15, 0.2) is 0 Å². The maximum Gasteiger partial charge on any atom is 0.309 e. The van der Waals surface area contributed by atoms with Gasteiger partial charge in [0.2, 0.25) is 0 Å². The Bertz CT molecular complexity index is 565. The summed E-state index contributed by atoms with van der Waals surface area (Å²) in [6.45, 7) is 6.58. The maximum absolute atomic E-state index is 12.0. The lowest BCUT2D eigenvalue weighted by atomic mass is 9.87. The molecule has 132 valence electrons. The van der Waals surface area contributed by atoms with Gasteiger partial charge in [-0.25, -0.2) is 0 Å². The summed E-state index contributed by atoms with van der Waals surface area (Å²) < 4.78 is 5.27. The van der Waals surface area contributed by atoms with Gasteiger partial charge in [-0.3, -0.25) is 4.79 Å². The quantitative estimate of drug-likeness (QED) is 0.733. The number of aromatic hydroxyl groups is 1. The predicted molar refractivity (Wildman–Crippen MR) is 92.9 cm³/mol. The maximum atomic E-state index is 12.0. The highest BCUT2D eigenvalue weighted by Crippen LogP contribution is 2.30. The number of phenols is 1. The lowest BCUT2D eigenvalue weighted by Gasteiger charge is -2.18. The number of hydrogen-bond acceptors (Lipinski definition) is 5. The topological polar surface area (TPSA) is 68.1 Å². The number of benzene rings is 1. The fourth-order valence-corrected chi connectivity index (χ4v) is 2.75. The summed E-state index contributed by atoms with van der Waals surface area (Å²) >= 11 is 0. The third kappa shape index (κ3) is 4.98. The summed E-state index contributed by atoms with van der Waals surface area (Å²) in [4.78, 5) is 17.6. The number of ether oxygens (including phenoxy) is 1. The van der Waals surface area contributed by atoms with Gasteiger partial charge in [-0.05, 0) is 42.2 Å². The van der Waals surface area contributed by atoms with Crippen LogP contribution in [0.2, 0.25) is 0 Å². The van der Waals surface area contributed by atoms with E-state index in [0.717, 1.165) is 30.5 Å². The molecule has 2 rings (SSSR count). The molecule has 2 atom stereocenters. The van der Waals surface area contributed by atoms with Crippen LogP contribution in [-0.2, 0) is 14.4 Å². The van der Waals surface area contributed by atoms with Gasteiger partial charge in [0, 0.05) is 5.92 Å². The fraction of sp³-hybridized carbons (Fsp3) is 0.579. The van der Waals surface area contributed by atoms with Gasteiger partial charge >= 0.3 is 5.97 Å². The van der Waals surface area contributed by atoms with Gasteiger partial charge in [-0.2, -0.15) is 0 Å². The van der Waals surface area contributed by atoms with Crippen LogP contribution in [0.25, 0.3) is 0 Å². The van der Waals surface area contributed by atoms with Crippen molar-refractivity contribution < 1.29 is 19.5 Å². The fourth-order valence-electron chi connectivity index (χ4n) is 2.75. The van der Waals surface area contributed by atoms with E-state index < -0.39 is 0 Å². The van der Waals surface area contributed by atoms with Crippen LogP contribution in [0.4, 0.5) is 0 Å². The third-order valence-corrected chi connectivity index (χ3v) is 4.06. The van der Waals surface area contributed by atoms with Crippen molar-refractivity contribution in [3.63, 3.8) is 0 Å². The predicted octanol–water partition coefficient (Wildman–Crippen LogP) is 3.89. The molecule has 24 heavy (non-hydrogen) atoms. The Balaban J connectivity index is 2.04. The van der Waals surface area contributed by atoms with Crippen molar-refractivity contribution in [3.8, 4) is 5.75 Å². The van der Waals surface area contributed by atoms with E-state index >= 15 is 0 Å². The monoisotopic (exact) mass is 333 g/mol. The van der Waals surface area contributed by atoms with E-state index in [1.54, 1.807) is 12.1 Å². The molecule has 1 aromatic rings. The number of esters is 1. The molecular weight excluding hydrogens is 306 g/mol. The standard InChI is InChI=1S/C19H27NO4/c1-4-5-6-16-17(11-18(22)23-12-13(2)3)24-20-19(16)14-7-9-15(21)10-8-14/h7-10,13,16-17,21H,4-6,11-12H2,1-3H3. The van der Waals surface area contributed by atoms with Gasteiger partial charge in [0.1, 0.15) is 11.9 Å². The lowest BCUT2D eigenvalue weighted by Crippen LogP contribution is -2.27. The van der Waals surface area contributed by atoms with Crippen LogP contribution in [0.1, 0.15) is 52.0 Å². The zero-order valence-corrected chi connectivity index (χ0v) is 14.7. The molecule has 0 saturated heterocycles. The minimum Gasteiger partial charge on any atom is -0.508 e. The molecule has 0 spiro atoms. The molecule has 0 amide bonds. The van der Waals surface area contributed by atoms with Gasteiger partial charge in [-0.15, -0.1) is 0 Å². The molecular formula is C19H27NO4. The Kier molecular flexibility index (Phi) is 6.64.